The first-order chi connectivity index (χ1) is 19.5. The van der Waals surface area contributed by atoms with E-state index in [0.29, 0.717) is 6.42 Å². The van der Waals surface area contributed by atoms with Gasteiger partial charge in [-0.2, -0.15) is 0 Å². The largest absolute Gasteiger partial charge is 0.462 e. The summed E-state index contributed by atoms with van der Waals surface area (Å²) in [5.74, 6) is -2.52. The Morgan fingerprint density at radius 3 is 2.21 bits per heavy atom. The third kappa shape index (κ3) is 11.3. The standard InChI is InChI=1S/C33H55NO8/c1-10-11-12-20(4)31(42-33(34)40)24(8)29(37)22(6)16-18(2)15-21(5)28(36)19(3)13-14-26(35)17-27-23(7)30(38)25(9)32(39)41-27/h10-15,19-31,35-38H,1,16-17H2,2-9H3,(H2,34,40)/b12-11-,14-13-,18-15-/t19-,20-,21+,22-,23+,24+,25-,26+,27+,28-,29+,30+,31+/m0/s1. The van der Waals surface area contributed by atoms with Crippen molar-refractivity contribution >= 4 is 12.1 Å². The molecule has 1 saturated heterocycles. The second-order valence-corrected chi connectivity index (χ2v) is 12.4. The Balaban J connectivity index is 2.76. The maximum atomic E-state index is 12.0. The van der Waals surface area contributed by atoms with E-state index in [2.05, 4.69) is 6.58 Å². The van der Waals surface area contributed by atoms with Crippen molar-refractivity contribution < 1.29 is 39.5 Å². The molecular formula is C33H55NO8. The summed E-state index contributed by atoms with van der Waals surface area (Å²) in [6, 6.07) is 0. The van der Waals surface area contributed by atoms with Crippen molar-refractivity contribution in [3.63, 3.8) is 0 Å². The number of aliphatic hydroxyl groups is 4. The maximum absolute atomic E-state index is 12.0. The van der Waals surface area contributed by atoms with Gasteiger partial charge in [-0.15, -0.1) is 0 Å². The molecule has 1 amide bonds. The first-order valence-corrected chi connectivity index (χ1v) is 15.0. The number of esters is 1. The fourth-order valence-corrected chi connectivity index (χ4v) is 5.80. The molecule has 1 heterocycles. The molecule has 9 heteroatoms. The van der Waals surface area contributed by atoms with E-state index in [4.69, 9.17) is 15.2 Å². The van der Waals surface area contributed by atoms with Crippen molar-refractivity contribution in [2.24, 2.45) is 47.2 Å². The number of carbonyl (C=O) groups excluding carboxylic acids is 2. The second-order valence-electron chi connectivity index (χ2n) is 12.4. The van der Waals surface area contributed by atoms with Gasteiger partial charge in [-0.1, -0.05) is 90.2 Å². The van der Waals surface area contributed by atoms with Gasteiger partial charge in [-0.25, -0.2) is 4.79 Å². The van der Waals surface area contributed by atoms with Gasteiger partial charge in [-0.05, 0) is 26.2 Å². The number of aliphatic hydroxyl groups excluding tert-OH is 4. The molecule has 0 saturated carbocycles. The van der Waals surface area contributed by atoms with E-state index in [0.717, 1.165) is 5.57 Å². The van der Waals surface area contributed by atoms with Crippen LogP contribution < -0.4 is 5.73 Å². The zero-order valence-corrected chi connectivity index (χ0v) is 26.6. The lowest BCUT2D eigenvalue weighted by Crippen LogP contribution is -2.47. The molecule has 0 bridgehead atoms. The maximum Gasteiger partial charge on any atom is 0.404 e. The van der Waals surface area contributed by atoms with Crippen molar-refractivity contribution in [1.29, 1.82) is 0 Å². The SMILES string of the molecule is C=C/C=C\[C@H](C)[C@@H](OC(N)=O)[C@H](C)[C@H](O)[C@@H](C)C/C(C)=C\[C@@H](C)[C@@H](O)[C@@H](C)/C=C\[C@@H](O)C[C@H]1OC(=O)[C@@H](C)[C@H](O)[C@@H]1C. The van der Waals surface area contributed by atoms with Crippen LogP contribution in [0.4, 0.5) is 4.79 Å². The summed E-state index contributed by atoms with van der Waals surface area (Å²) in [7, 11) is 0. The van der Waals surface area contributed by atoms with E-state index in [-0.39, 0.29) is 41.9 Å². The normalized spacial score (nSPS) is 28.3. The first kappa shape index (κ1) is 37.6. The minimum Gasteiger partial charge on any atom is -0.462 e. The lowest BCUT2D eigenvalue weighted by atomic mass is 9.81. The molecule has 0 aliphatic carbocycles. The van der Waals surface area contributed by atoms with Crippen LogP contribution in [0.2, 0.25) is 0 Å². The number of hydrogen-bond donors (Lipinski definition) is 5. The average molecular weight is 594 g/mol. The fourth-order valence-electron chi connectivity index (χ4n) is 5.80. The van der Waals surface area contributed by atoms with Crippen molar-refractivity contribution in [2.75, 3.05) is 0 Å². The Kier molecular flexibility index (Phi) is 15.7. The van der Waals surface area contributed by atoms with Gasteiger partial charge in [0, 0.05) is 36.0 Å². The molecule has 1 aliphatic rings. The molecule has 13 atom stereocenters. The van der Waals surface area contributed by atoms with Crippen LogP contribution in [-0.4, -0.2) is 69.1 Å². The predicted molar refractivity (Wildman–Crippen MR) is 164 cm³/mol. The van der Waals surface area contributed by atoms with Gasteiger partial charge in [0.2, 0.25) is 0 Å². The summed E-state index contributed by atoms with van der Waals surface area (Å²) >= 11 is 0. The summed E-state index contributed by atoms with van der Waals surface area (Å²) in [5.41, 5.74) is 6.30. The van der Waals surface area contributed by atoms with E-state index >= 15 is 0 Å². The lowest BCUT2D eigenvalue weighted by molar-refractivity contribution is -0.179. The minimum absolute atomic E-state index is 0.152. The second kappa shape index (κ2) is 17.6. The molecule has 0 aromatic heterocycles. The topological polar surface area (TPSA) is 160 Å². The van der Waals surface area contributed by atoms with Gasteiger partial charge in [0.1, 0.15) is 12.2 Å². The Morgan fingerprint density at radius 2 is 1.64 bits per heavy atom. The molecule has 1 aliphatic heterocycles. The van der Waals surface area contributed by atoms with Gasteiger partial charge in [0.25, 0.3) is 0 Å². The summed E-state index contributed by atoms with van der Waals surface area (Å²) in [6.07, 6.45) is 6.04. The molecule has 6 N–H and O–H groups in total. The van der Waals surface area contributed by atoms with Crippen LogP contribution in [0.1, 0.15) is 68.2 Å². The summed E-state index contributed by atoms with van der Waals surface area (Å²) in [6.45, 7) is 18.5. The molecule has 42 heavy (non-hydrogen) atoms. The molecule has 0 aromatic carbocycles. The van der Waals surface area contributed by atoms with Crippen LogP contribution in [0.5, 0.6) is 0 Å². The zero-order valence-electron chi connectivity index (χ0n) is 26.6. The number of hydrogen-bond acceptors (Lipinski definition) is 8. The van der Waals surface area contributed by atoms with Crippen molar-refractivity contribution in [2.45, 2.75) is 105 Å². The quantitative estimate of drug-likeness (QED) is 0.101. The monoisotopic (exact) mass is 593 g/mol. The van der Waals surface area contributed by atoms with Crippen molar-refractivity contribution in [3.05, 3.63) is 48.6 Å². The highest BCUT2D eigenvalue weighted by Crippen LogP contribution is 2.30. The average Bonchev–Trinajstić information content (AvgIpc) is 2.93. The molecule has 1 fully saturated rings. The highest BCUT2D eigenvalue weighted by atomic mass is 16.6. The number of ether oxygens (including phenoxy) is 2. The van der Waals surface area contributed by atoms with Crippen LogP contribution in [0.3, 0.4) is 0 Å². The van der Waals surface area contributed by atoms with Crippen molar-refractivity contribution in [1.82, 2.24) is 0 Å². The van der Waals surface area contributed by atoms with Crippen LogP contribution in [0.15, 0.2) is 48.6 Å². The van der Waals surface area contributed by atoms with Gasteiger partial charge in [0.15, 0.2) is 0 Å². The molecule has 0 spiro atoms. The molecule has 0 unspecified atom stereocenters. The molecular weight excluding hydrogens is 538 g/mol. The third-order valence-electron chi connectivity index (χ3n) is 8.62. The zero-order chi connectivity index (χ0) is 32.3. The minimum atomic E-state index is -0.894. The highest BCUT2D eigenvalue weighted by molar-refractivity contribution is 5.73. The molecule has 0 aromatic rings. The third-order valence-corrected chi connectivity index (χ3v) is 8.62. The van der Waals surface area contributed by atoms with Crippen molar-refractivity contribution in [3.8, 4) is 0 Å². The van der Waals surface area contributed by atoms with Gasteiger partial charge in [-0.3, -0.25) is 4.79 Å². The predicted octanol–water partition coefficient (Wildman–Crippen LogP) is 4.30. The number of carbonyl (C=O) groups is 2. The van der Waals surface area contributed by atoms with Gasteiger partial charge < -0.3 is 35.6 Å². The molecule has 1 rings (SSSR count). The van der Waals surface area contributed by atoms with E-state index in [1.807, 2.05) is 53.7 Å². The van der Waals surface area contributed by atoms with Gasteiger partial charge in [0.05, 0.1) is 30.3 Å². The van der Waals surface area contributed by atoms with Crippen LogP contribution in [-0.2, 0) is 14.3 Å². The van der Waals surface area contributed by atoms with E-state index in [9.17, 15) is 30.0 Å². The molecule has 0 radical (unpaired) electrons. The summed E-state index contributed by atoms with van der Waals surface area (Å²) < 4.78 is 10.8. The fraction of sp³-hybridized carbons (Fsp3) is 0.697. The Bertz CT molecular complexity index is 962. The van der Waals surface area contributed by atoms with Gasteiger partial charge >= 0.3 is 12.1 Å². The van der Waals surface area contributed by atoms with E-state index in [1.165, 1.54) is 0 Å². The molecule has 240 valence electrons. The Hall–Kier alpha value is -2.46. The number of nitrogens with two attached hydrogens (primary N) is 1. The van der Waals surface area contributed by atoms with Crippen LogP contribution in [0.25, 0.3) is 0 Å². The number of rotatable bonds is 16. The summed E-state index contributed by atoms with van der Waals surface area (Å²) in [5, 5.41) is 42.8. The Labute approximate surface area is 252 Å². The number of allylic oxidation sites excluding steroid dienone is 3. The molecule has 9 nitrogen and oxygen atoms in total. The first-order valence-electron chi connectivity index (χ1n) is 15.0. The van der Waals surface area contributed by atoms with E-state index in [1.54, 1.807) is 38.2 Å². The van der Waals surface area contributed by atoms with Crippen LogP contribution in [0, 0.1) is 41.4 Å². The highest BCUT2D eigenvalue weighted by Gasteiger charge is 2.41. The van der Waals surface area contributed by atoms with E-state index < -0.39 is 54.6 Å². The van der Waals surface area contributed by atoms with Crippen LogP contribution >= 0.6 is 0 Å². The lowest BCUT2D eigenvalue weighted by Gasteiger charge is -2.36. The number of primary amides is 1. The number of amides is 1. The summed E-state index contributed by atoms with van der Waals surface area (Å²) in [4.78, 5) is 23.5. The smallest absolute Gasteiger partial charge is 0.404 e. The number of cyclic esters (lactones) is 1. The Morgan fingerprint density at radius 1 is 1.02 bits per heavy atom.